The third kappa shape index (κ3) is 2.84. The molecule has 1 saturated heterocycles. The molecule has 2 heterocycles. The normalized spacial score (nSPS) is 19.7. The topological polar surface area (TPSA) is 57.1 Å². The van der Waals surface area contributed by atoms with E-state index in [1.165, 1.54) is 23.1 Å². The molecule has 1 spiro atoms. The number of hydrogen-bond acceptors (Lipinski definition) is 3. The number of anilines is 1. The zero-order valence-electron chi connectivity index (χ0n) is 11.0. The molecule has 0 unspecified atom stereocenters. The van der Waals surface area contributed by atoms with Crippen molar-refractivity contribution in [3.8, 4) is 0 Å². The van der Waals surface area contributed by atoms with Crippen LogP contribution in [0.25, 0.3) is 0 Å². The first kappa shape index (κ1) is 13.8. The molecule has 8 heteroatoms. The molecule has 1 aromatic rings. The number of rotatable bonds is 1. The van der Waals surface area contributed by atoms with Gasteiger partial charge in [-0.25, -0.2) is 4.79 Å². The summed E-state index contributed by atoms with van der Waals surface area (Å²) in [5.41, 5.74) is -1.39. The number of likely N-dealkylation sites (tertiary alicyclic amines) is 1. The van der Waals surface area contributed by atoms with Gasteiger partial charge in [0.2, 0.25) is 0 Å². The van der Waals surface area contributed by atoms with Gasteiger partial charge in [0.1, 0.15) is 0 Å². The molecule has 2 amide bonds. The monoisotopic (exact) mass is 298 g/mol. The Balaban J connectivity index is 1.68. The Bertz CT molecular complexity index is 583. The number of urea groups is 1. The number of hydrogen-bond donors (Lipinski definition) is 1. The van der Waals surface area contributed by atoms with Crippen molar-refractivity contribution in [3.05, 3.63) is 29.8 Å². The van der Waals surface area contributed by atoms with E-state index in [-0.39, 0.29) is 11.4 Å². The smallest absolute Gasteiger partial charge is 0.324 e. The van der Waals surface area contributed by atoms with Crippen LogP contribution in [-0.4, -0.2) is 29.7 Å². The Morgan fingerprint density at radius 2 is 1.81 bits per heavy atom. The van der Waals surface area contributed by atoms with Gasteiger partial charge in [0.05, 0.1) is 11.3 Å². The Morgan fingerprint density at radius 3 is 2.38 bits per heavy atom. The molecule has 1 fully saturated rings. The second kappa shape index (κ2) is 4.71. The summed E-state index contributed by atoms with van der Waals surface area (Å²) in [5.74, 6) is 0. The summed E-state index contributed by atoms with van der Waals surface area (Å²) < 4.78 is 38.6. The number of para-hydroxylation sites is 1. The largest absolute Gasteiger partial charge is 0.418 e. The molecular weight excluding hydrogens is 285 g/mol. The molecule has 0 aliphatic carbocycles. The summed E-state index contributed by atoms with van der Waals surface area (Å²) in [6, 6.07) is 4.42. The number of halogens is 3. The van der Waals surface area contributed by atoms with Crippen LogP contribution in [0.3, 0.4) is 0 Å². The highest BCUT2D eigenvalue weighted by molar-refractivity contribution is 5.90. The number of piperidine rings is 1. The van der Waals surface area contributed by atoms with Crippen LogP contribution in [0.5, 0.6) is 0 Å². The van der Waals surface area contributed by atoms with Gasteiger partial charge in [-0.05, 0) is 12.1 Å². The molecule has 2 aliphatic rings. The summed E-state index contributed by atoms with van der Waals surface area (Å²) in [6.07, 6.45) is -3.25. The van der Waals surface area contributed by atoms with Crippen molar-refractivity contribution < 1.29 is 18.0 Å². The lowest BCUT2D eigenvalue weighted by Gasteiger charge is -2.30. The van der Waals surface area contributed by atoms with E-state index in [1.54, 1.807) is 0 Å². The predicted octanol–water partition coefficient (Wildman–Crippen LogP) is 3.50. The van der Waals surface area contributed by atoms with Gasteiger partial charge in [-0.3, -0.25) is 0 Å². The highest BCUT2D eigenvalue weighted by Gasteiger charge is 2.44. The van der Waals surface area contributed by atoms with Crippen LogP contribution < -0.4 is 5.32 Å². The van der Waals surface area contributed by atoms with E-state index in [0.717, 1.165) is 6.07 Å². The van der Waals surface area contributed by atoms with Gasteiger partial charge in [-0.1, -0.05) is 12.1 Å². The second-order valence-corrected chi connectivity index (χ2v) is 5.14. The fraction of sp³-hybridized carbons (Fsp3) is 0.462. The van der Waals surface area contributed by atoms with Gasteiger partial charge in [0.25, 0.3) is 0 Å². The van der Waals surface area contributed by atoms with Gasteiger partial charge in [0.15, 0.2) is 5.66 Å². The van der Waals surface area contributed by atoms with E-state index >= 15 is 0 Å². The van der Waals surface area contributed by atoms with Crippen molar-refractivity contribution >= 4 is 11.7 Å². The first-order chi connectivity index (χ1) is 9.90. The van der Waals surface area contributed by atoms with E-state index in [2.05, 4.69) is 15.5 Å². The maximum absolute atomic E-state index is 12.9. The highest BCUT2D eigenvalue weighted by Crippen LogP contribution is 2.39. The molecule has 21 heavy (non-hydrogen) atoms. The van der Waals surface area contributed by atoms with Gasteiger partial charge in [-0.2, -0.15) is 23.4 Å². The molecule has 1 N–H and O–H groups in total. The van der Waals surface area contributed by atoms with E-state index in [1.807, 2.05) is 0 Å². The van der Waals surface area contributed by atoms with Crippen molar-refractivity contribution in [3.63, 3.8) is 0 Å². The molecule has 0 aromatic heterocycles. The summed E-state index contributed by atoms with van der Waals surface area (Å²) in [4.78, 5) is 13.6. The minimum Gasteiger partial charge on any atom is -0.324 e. The Morgan fingerprint density at radius 1 is 1.19 bits per heavy atom. The molecule has 2 aliphatic heterocycles. The SMILES string of the molecule is O=C(Nc1ccccc1C(F)(F)F)N1CCC2(CC1)N=N2. The van der Waals surface area contributed by atoms with E-state index < -0.39 is 17.8 Å². The predicted molar refractivity (Wildman–Crippen MR) is 68.9 cm³/mol. The first-order valence-corrected chi connectivity index (χ1v) is 6.56. The lowest BCUT2D eigenvalue weighted by Crippen LogP contribution is -2.43. The summed E-state index contributed by atoms with van der Waals surface area (Å²) in [7, 11) is 0. The average molecular weight is 298 g/mol. The average Bonchev–Trinajstić information content (AvgIpc) is 3.18. The van der Waals surface area contributed by atoms with Crippen LogP contribution in [0.15, 0.2) is 34.5 Å². The molecule has 0 radical (unpaired) electrons. The lowest BCUT2D eigenvalue weighted by atomic mass is 10.0. The van der Waals surface area contributed by atoms with E-state index in [9.17, 15) is 18.0 Å². The van der Waals surface area contributed by atoms with Gasteiger partial charge in [-0.15, -0.1) is 0 Å². The van der Waals surface area contributed by atoms with Crippen LogP contribution in [-0.2, 0) is 6.18 Å². The second-order valence-electron chi connectivity index (χ2n) is 5.14. The number of nitrogens with one attached hydrogen (secondary N) is 1. The zero-order chi connectivity index (χ0) is 15.1. The Labute approximate surface area is 118 Å². The standard InChI is InChI=1S/C13H13F3N4O/c14-13(15,16)9-3-1-2-4-10(9)17-11(21)20-7-5-12(6-8-20)18-19-12/h1-4H,5-8H2,(H,17,21). The Hall–Kier alpha value is -2.12. The lowest BCUT2D eigenvalue weighted by molar-refractivity contribution is -0.136. The molecular formula is C13H13F3N4O. The third-order valence-corrected chi connectivity index (χ3v) is 3.71. The fourth-order valence-electron chi connectivity index (χ4n) is 2.37. The summed E-state index contributed by atoms with van der Waals surface area (Å²) >= 11 is 0. The number of benzene rings is 1. The molecule has 1 aromatic carbocycles. The summed E-state index contributed by atoms with van der Waals surface area (Å²) in [5, 5.41) is 10.2. The van der Waals surface area contributed by atoms with Crippen molar-refractivity contribution in [2.75, 3.05) is 18.4 Å². The van der Waals surface area contributed by atoms with Crippen LogP contribution in [0.1, 0.15) is 18.4 Å². The van der Waals surface area contributed by atoms with E-state index in [4.69, 9.17) is 0 Å². The van der Waals surface area contributed by atoms with Crippen LogP contribution in [0.4, 0.5) is 23.7 Å². The van der Waals surface area contributed by atoms with E-state index in [0.29, 0.717) is 25.9 Å². The van der Waals surface area contributed by atoms with Gasteiger partial charge in [0, 0.05) is 25.9 Å². The fourth-order valence-corrected chi connectivity index (χ4v) is 2.37. The molecule has 112 valence electrons. The van der Waals surface area contributed by atoms with Crippen LogP contribution >= 0.6 is 0 Å². The number of carbonyl (C=O) groups is 1. The molecule has 3 rings (SSSR count). The van der Waals surface area contributed by atoms with Crippen LogP contribution in [0, 0.1) is 0 Å². The van der Waals surface area contributed by atoms with Crippen molar-refractivity contribution in [2.45, 2.75) is 24.7 Å². The zero-order valence-corrected chi connectivity index (χ0v) is 11.0. The van der Waals surface area contributed by atoms with Crippen LogP contribution in [0.2, 0.25) is 0 Å². The minimum absolute atomic E-state index is 0.226. The van der Waals surface area contributed by atoms with Gasteiger partial charge >= 0.3 is 12.2 Å². The number of amides is 2. The van der Waals surface area contributed by atoms with Crippen molar-refractivity contribution in [1.82, 2.24) is 4.90 Å². The number of carbonyl (C=O) groups excluding carboxylic acids is 1. The summed E-state index contributed by atoms with van der Waals surface area (Å²) in [6.45, 7) is 0.875. The van der Waals surface area contributed by atoms with Crippen molar-refractivity contribution in [1.29, 1.82) is 0 Å². The maximum Gasteiger partial charge on any atom is 0.418 e. The highest BCUT2D eigenvalue weighted by atomic mass is 19.4. The quantitative estimate of drug-likeness (QED) is 0.847. The molecule has 0 atom stereocenters. The number of nitrogens with zero attached hydrogens (tertiary/aromatic N) is 3. The van der Waals surface area contributed by atoms with Gasteiger partial charge < -0.3 is 10.2 Å². The first-order valence-electron chi connectivity index (χ1n) is 6.56. The molecule has 0 bridgehead atoms. The minimum atomic E-state index is -4.50. The number of alkyl halides is 3. The maximum atomic E-state index is 12.9. The Kier molecular flexibility index (Phi) is 3.11. The molecule has 5 nitrogen and oxygen atoms in total. The molecule has 0 saturated carbocycles. The third-order valence-electron chi connectivity index (χ3n) is 3.71. The van der Waals surface area contributed by atoms with Crippen molar-refractivity contribution in [2.24, 2.45) is 10.2 Å².